The average molecular weight is 418 g/mol. The lowest BCUT2D eigenvalue weighted by Crippen LogP contribution is -2.07. The fraction of sp³-hybridized carbons (Fsp3) is 0.0870. The smallest absolute Gasteiger partial charge is 0.338 e. The summed E-state index contributed by atoms with van der Waals surface area (Å²) in [6.07, 6.45) is 3.00. The molecule has 0 spiro atoms. The molecule has 0 aliphatic carbocycles. The van der Waals surface area contributed by atoms with Crippen LogP contribution in [0.3, 0.4) is 0 Å². The molecule has 0 radical (unpaired) electrons. The van der Waals surface area contributed by atoms with E-state index in [0.29, 0.717) is 28.6 Å². The minimum atomic E-state index is -0.380. The average Bonchev–Trinajstić information content (AvgIpc) is 3.39. The highest BCUT2D eigenvalue weighted by atomic mass is 32.1. The zero-order valence-electron chi connectivity index (χ0n) is 16.1. The Hall–Kier alpha value is -3.71. The van der Waals surface area contributed by atoms with E-state index in [9.17, 15) is 9.59 Å². The molecule has 7 heteroatoms. The third kappa shape index (κ3) is 4.47. The number of fused-ring (bicyclic) bond motifs is 1. The Labute approximate surface area is 176 Å². The molecule has 2 aromatic carbocycles. The molecule has 4 rings (SSSR count). The molecule has 30 heavy (non-hydrogen) atoms. The summed E-state index contributed by atoms with van der Waals surface area (Å²) in [4.78, 5) is 28.5. The van der Waals surface area contributed by atoms with Crippen LogP contribution in [0, 0.1) is 0 Å². The van der Waals surface area contributed by atoms with E-state index in [1.807, 2.05) is 36.4 Å². The van der Waals surface area contributed by atoms with Gasteiger partial charge in [-0.2, -0.15) is 0 Å². The molecule has 1 N–H and O–H groups in total. The first-order valence-corrected chi connectivity index (χ1v) is 10.2. The molecule has 0 bridgehead atoms. The molecular formula is C23H18N2O4S. The molecule has 0 unspecified atom stereocenters. The molecular weight excluding hydrogens is 400 g/mol. The van der Waals surface area contributed by atoms with Crippen LogP contribution in [0.15, 0.2) is 71.2 Å². The highest BCUT2D eigenvalue weighted by Gasteiger charge is 2.11. The van der Waals surface area contributed by atoms with Crippen molar-refractivity contribution in [2.75, 3.05) is 11.9 Å². The van der Waals surface area contributed by atoms with E-state index in [0.717, 1.165) is 16.0 Å². The molecule has 0 aliphatic heterocycles. The third-order valence-corrected chi connectivity index (χ3v) is 5.15. The number of hydrogen-bond acceptors (Lipinski definition) is 6. The van der Waals surface area contributed by atoms with Gasteiger partial charge in [-0.05, 0) is 43.3 Å². The maximum atomic E-state index is 12.3. The molecule has 0 aliphatic rings. The number of rotatable bonds is 6. The molecule has 2 heterocycles. The van der Waals surface area contributed by atoms with E-state index >= 15 is 0 Å². The molecule has 0 fully saturated rings. The number of nitrogens with zero attached hydrogens (tertiary/aromatic N) is 1. The van der Waals surface area contributed by atoms with Gasteiger partial charge in [-0.1, -0.05) is 41.7 Å². The van der Waals surface area contributed by atoms with Gasteiger partial charge >= 0.3 is 5.97 Å². The van der Waals surface area contributed by atoms with E-state index in [1.54, 1.807) is 37.3 Å². The fourth-order valence-corrected chi connectivity index (χ4v) is 3.73. The summed E-state index contributed by atoms with van der Waals surface area (Å²) < 4.78 is 11.5. The van der Waals surface area contributed by atoms with Crippen molar-refractivity contribution in [3.05, 3.63) is 78.1 Å². The van der Waals surface area contributed by atoms with Crippen LogP contribution in [0.1, 0.15) is 23.0 Å². The molecule has 0 atom stereocenters. The van der Waals surface area contributed by atoms with Crippen LogP contribution in [-0.4, -0.2) is 23.5 Å². The lowest BCUT2D eigenvalue weighted by molar-refractivity contribution is -0.111. The second-order valence-electron chi connectivity index (χ2n) is 6.31. The van der Waals surface area contributed by atoms with Crippen molar-refractivity contribution in [2.45, 2.75) is 6.92 Å². The minimum absolute atomic E-state index is 0.315. The van der Waals surface area contributed by atoms with Gasteiger partial charge in [0.05, 0.1) is 22.4 Å². The van der Waals surface area contributed by atoms with Crippen LogP contribution in [0.5, 0.6) is 0 Å². The van der Waals surface area contributed by atoms with E-state index in [4.69, 9.17) is 9.15 Å². The van der Waals surface area contributed by atoms with Crippen molar-refractivity contribution in [3.8, 4) is 11.3 Å². The summed E-state index contributed by atoms with van der Waals surface area (Å²) in [5, 5.41) is 3.19. The predicted molar refractivity (Wildman–Crippen MR) is 117 cm³/mol. The van der Waals surface area contributed by atoms with Gasteiger partial charge in [-0.25, -0.2) is 9.78 Å². The number of benzene rings is 2. The number of amides is 1. The Morgan fingerprint density at radius 2 is 1.97 bits per heavy atom. The number of nitrogens with one attached hydrogen (secondary N) is 1. The standard InChI is InChI=1S/C23H18N2O4S/c1-2-28-22(27)16-8-11-18-20(14-16)30-23(24-18)25-21(26)13-10-17-9-12-19(29-17)15-6-4-3-5-7-15/h3-14H,2H2,1H3,(H,24,25,26)/b13-10+. The van der Waals surface area contributed by atoms with Gasteiger partial charge in [0, 0.05) is 11.6 Å². The zero-order valence-corrected chi connectivity index (χ0v) is 16.9. The molecule has 0 saturated heterocycles. The summed E-state index contributed by atoms with van der Waals surface area (Å²) in [7, 11) is 0. The Morgan fingerprint density at radius 1 is 1.13 bits per heavy atom. The number of furan rings is 1. The van der Waals surface area contributed by atoms with Gasteiger partial charge in [0.25, 0.3) is 0 Å². The Bertz CT molecular complexity index is 1220. The van der Waals surface area contributed by atoms with Crippen molar-refractivity contribution in [1.82, 2.24) is 4.98 Å². The van der Waals surface area contributed by atoms with Gasteiger partial charge in [-0.3, -0.25) is 10.1 Å². The Balaban J connectivity index is 1.43. The molecule has 6 nitrogen and oxygen atoms in total. The van der Waals surface area contributed by atoms with Crippen molar-refractivity contribution < 1.29 is 18.7 Å². The van der Waals surface area contributed by atoms with Crippen molar-refractivity contribution >= 4 is 44.6 Å². The van der Waals surface area contributed by atoms with Gasteiger partial charge < -0.3 is 9.15 Å². The summed E-state index contributed by atoms with van der Waals surface area (Å²) in [6.45, 7) is 2.07. The lowest BCUT2D eigenvalue weighted by Gasteiger charge is -2.00. The van der Waals surface area contributed by atoms with Crippen LogP contribution in [0.2, 0.25) is 0 Å². The second-order valence-corrected chi connectivity index (χ2v) is 7.34. The predicted octanol–water partition coefficient (Wildman–Crippen LogP) is 5.38. The van der Waals surface area contributed by atoms with E-state index in [-0.39, 0.29) is 11.9 Å². The highest BCUT2D eigenvalue weighted by molar-refractivity contribution is 7.22. The van der Waals surface area contributed by atoms with E-state index in [1.165, 1.54) is 17.4 Å². The number of anilines is 1. The summed E-state index contributed by atoms with van der Waals surface area (Å²) in [6, 6.07) is 18.5. The highest BCUT2D eigenvalue weighted by Crippen LogP contribution is 2.27. The number of carbonyl (C=O) groups excluding carboxylic acids is 2. The summed E-state index contributed by atoms with van der Waals surface area (Å²) in [5.74, 6) is 0.610. The normalized spacial score (nSPS) is 11.1. The topological polar surface area (TPSA) is 81.4 Å². The molecule has 4 aromatic rings. The molecule has 2 aromatic heterocycles. The van der Waals surface area contributed by atoms with Crippen LogP contribution in [0.25, 0.3) is 27.6 Å². The SMILES string of the molecule is CCOC(=O)c1ccc2nc(NC(=O)/C=C/c3ccc(-c4ccccc4)o3)sc2c1. The van der Waals surface area contributed by atoms with Gasteiger partial charge in [0.15, 0.2) is 5.13 Å². The van der Waals surface area contributed by atoms with Crippen molar-refractivity contribution in [3.63, 3.8) is 0 Å². The molecule has 1 amide bonds. The number of thiazole rings is 1. The number of aromatic nitrogens is 1. The van der Waals surface area contributed by atoms with Crippen LogP contribution < -0.4 is 5.32 Å². The third-order valence-electron chi connectivity index (χ3n) is 4.21. The van der Waals surface area contributed by atoms with Crippen molar-refractivity contribution in [2.24, 2.45) is 0 Å². The zero-order chi connectivity index (χ0) is 20.9. The fourth-order valence-electron chi connectivity index (χ4n) is 2.82. The summed E-state index contributed by atoms with van der Waals surface area (Å²) in [5.41, 5.74) is 2.13. The number of esters is 1. The maximum Gasteiger partial charge on any atom is 0.338 e. The number of carbonyl (C=O) groups is 2. The summed E-state index contributed by atoms with van der Waals surface area (Å²) >= 11 is 1.29. The maximum absolute atomic E-state index is 12.3. The van der Waals surface area contributed by atoms with Gasteiger partial charge in [-0.15, -0.1) is 0 Å². The van der Waals surface area contributed by atoms with E-state index in [2.05, 4.69) is 10.3 Å². The molecule has 150 valence electrons. The largest absolute Gasteiger partial charge is 0.462 e. The van der Waals surface area contributed by atoms with E-state index < -0.39 is 0 Å². The monoisotopic (exact) mass is 418 g/mol. The first-order valence-electron chi connectivity index (χ1n) is 9.34. The van der Waals surface area contributed by atoms with Crippen LogP contribution >= 0.6 is 11.3 Å². The first-order chi connectivity index (χ1) is 14.6. The van der Waals surface area contributed by atoms with Gasteiger partial charge in [0.1, 0.15) is 11.5 Å². The van der Waals surface area contributed by atoms with Crippen LogP contribution in [-0.2, 0) is 9.53 Å². The Morgan fingerprint density at radius 3 is 2.77 bits per heavy atom. The van der Waals surface area contributed by atoms with Gasteiger partial charge in [0.2, 0.25) is 5.91 Å². The lowest BCUT2D eigenvalue weighted by atomic mass is 10.2. The second kappa shape index (κ2) is 8.75. The number of ether oxygens (including phenoxy) is 1. The van der Waals surface area contributed by atoms with Crippen molar-refractivity contribution in [1.29, 1.82) is 0 Å². The van der Waals surface area contributed by atoms with Crippen LogP contribution in [0.4, 0.5) is 5.13 Å². The quantitative estimate of drug-likeness (QED) is 0.336. The molecule has 0 saturated carbocycles. The minimum Gasteiger partial charge on any atom is -0.462 e. The first kappa shape index (κ1) is 19.6. The Kier molecular flexibility index (Phi) is 5.72. The number of hydrogen-bond donors (Lipinski definition) is 1.